The van der Waals surface area contributed by atoms with Gasteiger partial charge in [0, 0.05) is 15.7 Å². The maximum Gasteiger partial charge on any atom is 0.255 e. The second kappa shape index (κ2) is 7.00. The first-order chi connectivity index (χ1) is 9.99. The number of nitrogens with one attached hydrogen (secondary N) is 1. The van der Waals surface area contributed by atoms with Gasteiger partial charge in [0.15, 0.2) is 0 Å². The molecule has 0 radical (unpaired) electrons. The Kier molecular flexibility index (Phi) is 5.31. The van der Waals surface area contributed by atoms with Crippen molar-refractivity contribution in [3.05, 3.63) is 57.0 Å². The third kappa shape index (κ3) is 4.25. The number of halogens is 3. The van der Waals surface area contributed by atoms with Crippen molar-refractivity contribution in [2.45, 2.75) is 19.8 Å². The lowest BCUT2D eigenvalue weighted by atomic mass is 10.1. The first-order valence-corrected chi connectivity index (χ1v) is 7.59. The molecule has 0 bridgehead atoms. The number of carbonyl (C=O) groups excluding carboxylic acids is 1. The second-order valence-electron chi connectivity index (χ2n) is 4.50. The average Bonchev–Trinajstić information content (AvgIpc) is 2.41. The first kappa shape index (κ1) is 15.9. The van der Waals surface area contributed by atoms with Crippen molar-refractivity contribution < 1.29 is 9.18 Å². The number of anilines is 1. The van der Waals surface area contributed by atoms with E-state index >= 15 is 0 Å². The minimum atomic E-state index is -0.508. The normalized spacial score (nSPS) is 10.5. The van der Waals surface area contributed by atoms with Gasteiger partial charge in [-0.1, -0.05) is 40.9 Å². The predicted octanol–water partition coefficient (Wildman–Crippen LogP) is 4.84. The van der Waals surface area contributed by atoms with Crippen LogP contribution in [0.1, 0.15) is 29.4 Å². The van der Waals surface area contributed by atoms with E-state index in [0.29, 0.717) is 10.0 Å². The van der Waals surface area contributed by atoms with E-state index in [4.69, 9.17) is 11.6 Å². The van der Waals surface area contributed by atoms with Crippen molar-refractivity contribution >= 4 is 39.1 Å². The summed E-state index contributed by atoms with van der Waals surface area (Å²) in [5.74, 6) is -0.926. The summed E-state index contributed by atoms with van der Waals surface area (Å²) in [5.41, 5.74) is 1.22. The lowest BCUT2D eigenvalue weighted by Crippen LogP contribution is -2.14. The molecule has 1 aromatic heterocycles. The van der Waals surface area contributed by atoms with Gasteiger partial charge in [-0.2, -0.15) is 0 Å². The molecule has 21 heavy (non-hydrogen) atoms. The van der Waals surface area contributed by atoms with E-state index in [9.17, 15) is 9.18 Å². The Morgan fingerprint density at radius 2 is 2.14 bits per heavy atom. The number of pyridine rings is 1. The van der Waals surface area contributed by atoms with Gasteiger partial charge < -0.3 is 5.32 Å². The van der Waals surface area contributed by atoms with Crippen LogP contribution in [0, 0.1) is 5.82 Å². The number of hydrogen-bond donors (Lipinski definition) is 1. The molecular formula is C15H13BrClFN2O. The molecule has 2 rings (SSSR count). The third-order valence-corrected chi connectivity index (χ3v) is 3.48. The van der Waals surface area contributed by atoms with Crippen LogP contribution in [0.4, 0.5) is 10.1 Å². The van der Waals surface area contributed by atoms with E-state index in [1.807, 2.05) is 6.92 Å². The van der Waals surface area contributed by atoms with Crippen molar-refractivity contribution in [1.82, 2.24) is 4.98 Å². The largest absolute Gasteiger partial charge is 0.319 e. The SMILES string of the molecule is CCCc1cc(C(=O)Nc2ccc(Br)cc2F)cc(Cl)n1. The fourth-order valence-corrected chi connectivity index (χ4v) is 2.41. The highest BCUT2D eigenvalue weighted by Gasteiger charge is 2.12. The van der Waals surface area contributed by atoms with E-state index in [1.54, 1.807) is 12.1 Å². The highest BCUT2D eigenvalue weighted by Crippen LogP contribution is 2.20. The van der Waals surface area contributed by atoms with Gasteiger partial charge in [-0.25, -0.2) is 9.37 Å². The Labute approximate surface area is 135 Å². The Bertz CT molecular complexity index is 679. The minimum Gasteiger partial charge on any atom is -0.319 e. The molecule has 0 aliphatic rings. The standard InChI is InChI=1S/C15H13BrClFN2O/c1-2-3-11-6-9(7-14(17)19-11)15(21)20-13-5-4-10(16)8-12(13)18/h4-8H,2-3H2,1H3,(H,20,21). The zero-order valence-electron chi connectivity index (χ0n) is 11.3. The molecule has 0 aliphatic heterocycles. The van der Waals surface area contributed by atoms with Gasteiger partial charge in [0.25, 0.3) is 5.91 Å². The van der Waals surface area contributed by atoms with E-state index in [-0.39, 0.29) is 10.8 Å². The molecular weight excluding hydrogens is 359 g/mol. The van der Waals surface area contributed by atoms with Crippen LogP contribution in [-0.2, 0) is 6.42 Å². The van der Waals surface area contributed by atoms with Gasteiger partial charge in [0.2, 0.25) is 0 Å². The summed E-state index contributed by atoms with van der Waals surface area (Å²) in [6.45, 7) is 2.01. The van der Waals surface area contributed by atoms with Gasteiger partial charge in [-0.3, -0.25) is 4.79 Å². The molecule has 1 aromatic carbocycles. The van der Waals surface area contributed by atoms with E-state index in [0.717, 1.165) is 18.5 Å². The number of rotatable bonds is 4. The molecule has 2 aromatic rings. The van der Waals surface area contributed by atoms with Crippen LogP contribution in [0.15, 0.2) is 34.8 Å². The van der Waals surface area contributed by atoms with Crippen molar-refractivity contribution in [1.29, 1.82) is 0 Å². The summed E-state index contributed by atoms with van der Waals surface area (Å²) >= 11 is 9.08. The van der Waals surface area contributed by atoms with Crippen molar-refractivity contribution in [2.75, 3.05) is 5.32 Å². The van der Waals surface area contributed by atoms with Crippen LogP contribution < -0.4 is 5.32 Å². The van der Waals surface area contributed by atoms with Crippen LogP contribution in [0.3, 0.4) is 0 Å². The number of nitrogens with zero attached hydrogens (tertiary/aromatic N) is 1. The molecule has 0 saturated heterocycles. The summed E-state index contributed by atoms with van der Waals surface area (Å²) in [5, 5.41) is 2.78. The fourth-order valence-electron chi connectivity index (χ4n) is 1.85. The number of amides is 1. The lowest BCUT2D eigenvalue weighted by Gasteiger charge is -2.08. The maximum atomic E-state index is 13.7. The summed E-state index contributed by atoms with van der Waals surface area (Å²) in [4.78, 5) is 16.3. The minimum absolute atomic E-state index is 0.119. The molecule has 0 atom stereocenters. The maximum absolute atomic E-state index is 13.7. The van der Waals surface area contributed by atoms with Crippen molar-refractivity contribution in [3.8, 4) is 0 Å². The zero-order valence-corrected chi connectivity index (χ0v) is 13.6. The molecule has 0 spiro atoms. The summed E-state index contributed by atoms with van der Waals surface area (Å²) in [7, 11) is 0. The summed E-state index contributed by atoms with van der Waals surface area (Å²) in [6.07, 6.45) is 1.63. The van der Waals surface area contributed by atoms with Crippen LogP contribution in [-0.4, -0.2) is 10.9 Å². The molecule has 0 saturated carbocycles. The van der Waals surface area contributed by atoms with Crippen molar-refractivity contribution in [2.24, 2.45) is 0 Å². The third-order valence-electron chi connectivity index (χ3n) is 2.79. The second-order valence-corrected chi connectivity index (χ2v) is 5.80. The van der Waals surface area contributed by atoms with Gasteiger partial charge in [-0.05, 0) is 36.8 Å². The Morgan fingerprint density at radius 3 is 2.81 bits per heavy atom. The predicted molar refractivity (Wildman–Crippen MR) is 85.3 cm³/mol. The molecule has 1 heterocycles. The zero-order chi connectivity index (χ0) is 15.4. The average molecular weight is 372 g/mol. The number of carbonyl (C=O) groups is 1. The quantitative estimate of drug-likeness (QED) is 0.781. The molecule has 3 nitrogen and oxygen atoms in total. The van der Waals surface area contributed by atoms with Crippen molar-refractivity contribution in [3.63, 3.8) is 0 Å². The molecule has 0 fully saturated rings. The highest BCUT2D eigenvalue weighted by molar-refractivity contribution is 9.10. The van der Waals surface area contributed by atoms with Crippen LogP contribution in [0.25, 0.3) is 0 Å². The van der Waals surface area contributed by atoms with Gasteiger partial charge >= 0.3 is 0 Å². The van der Waals surface area contributed by atoms with Gasteiger partial charge in [-0.15, -0.1) is 0 Å². The molecule has 6 heteroatoms. The molecule has 0 unspecified atom stereocenters. The summed E-state index contributed by atoms with van der Waals surface area (Å²) in [6, 6.07) is 7.57. The van der Waals surface area contributed by atoms with Crippen LogP contribution >= 0.6 is 27.5 Å². The van der Waals surface area contributed by atoms with E-state index in [1.165, 1.54) is 18.2 Å². The number of hydrogen-bond acceptors (Lipinski definition) is 2. The smallest absolute Gasteiger partial charge is 0.255 e. The molecule has 1 N–H and O–H groups in total. The van der Waals surface area contributed by atoms with Gasteiger partial charge in [0.1, 0.15) is 11.0 Å². The number of aromatic nitrogens is 1. The number of aryl methyl sites for hydroxylation is 1. The topological polar surface area (TPSA) is 42.0 Å². The fraction of sp³-hybridized carbons (Fsp3) is 0.200. The summed E-state index contributed by atoms with van der Waals surface area (Å²) < 4.78 is 14.3. The van der Waals surface area contributed by atoms with E-state index < -0.39 is 11.7 Å². The molecule has 0 aliphatic carbocycles. The van der Waals surface area contributed by atoms with Gasteiger partial charge in [0.05, 0.1) is 5.69 Å². The van der Waals surface area contributed by atoms with Crippen LogP contribution in [0.2, 0.25) is 5.15 Å². The lowest BCUT2D eigenvalue weighted by molar-refractivity contribution is 0.102. The van der Waals surface area contributed by atoms with E-state index in [2.05, 4.69) is 26.2 Å². The number of benzene rings is 1. The Morgan fingerprint density at radius 1 is 1.38 bits per heavy atom. The van der Waals surface area contributed by atoms with Crippen LogP contribution in [0.5, 0.6) is 0 Å². The Hall–Kier alpha value is -1.46. The monoisotopic (exact) mass is 370 g/mol. The Balaban J connectivity index is 2.23. The molecule has 110 valence electrons. The highest BCUT2D eigenvalue weighted by atomic mass is 79.9. The first-order valence-electron chi connectivity index (χ1n) is 6.42. The molecule has 1 amide bonds.